The van der Waals surface area contributed by atoms with Crippen molar-refractivity contribution in [3.63, 3.8) is 0 Å². The van der Waals surface area contributed by atoms with Crippen molar-refractivity contribution in [3.05, 3.63) is 88.1 Å². The summed E-state index contributed by atoms with van der Waals surface area (Å²) in [6, 6.07) is 20.0. The number of anilines is 1. The van der Waals surface area contributed by atoms with Crippen molar-refractivity contribution in [2.75, 3.05) is 37.6 Å². The molecule has 4 aromatic rings. The zero-order valence-electron chi connectivity index (χ0n) is 35.7. The van der Waals surface area contributed by atoms with Gasteiger partial charge in [-0.3, -0.25) is 29.4 Å². The van der Waals surface area contributed by atoms with Crippen LogP contribution in [0, 0.1) is 28.1 Å². The standard InChI is InChI=1S/C48H53ClN6O7/c1-47(2)45(48(3,4)46(47)61-33-11-7-30(25-50)37(49)24-33)52-42(57)29-5-9-32(10-6-29)60-34-18-20-53(26-34)19-15-28-16-21-54(22-17-28)31-8-12-35-36-27-55(38-13-14-40(56)51-43(38)58)44(59)41(36)62-39(35)23-31/h5-12,23-24,28,34,38,45-46H,13-22,26-27H2,1-4H3,(H,52,57)(H,51,56,58)/t34-,38?,45?,46?/m1/s1. The third-order valence-electron chi connectivity index (χ3n) is 14.1. The Hall–Kier alpha value is -5.58. The van der Waals surface area contributed by atoms with Gasteiger partial charge in [0, 0.05) is 83.8 Å². The van der Waals surface area contributed by atoms with Gasteiger partial charge >= 0.3 is 0 Å². The van der Waals surface area contributed by atoms with E-state index in [9.17, 15) is 24.4 Å². The minimum atomic E-state index is -0.661. The van der Waals surface area contributed by atoms with E-state index in [0.29, 0.717) is 52.1 Å². The number of nitrogens with one attached hydrogen (secondary N) is 2. The Bertz CT molecular complexity index is 2450. The Morgan fingerprint density at radius 3 is 2.39 bits per heavy atom. The molecule has 1 aromatic heterocycles. The lowest BCUT2D eigenvalue weighted by molar-refractivity contribution is -0.164. The molecule has 0 spiro atoms. The molecule has 3 aromatic carbocycles. The number of nitrogens with zero attached hydrogens (tertiary/aromatic N) is 4. The van der Waals surface area contributed by atoms with Gasteiger partial charge < -0.3 is 29.0 Å². The van der Waals surface area contributed by atoms with E-state index in [1.165, 1.54) is 4.90 Å². The van der Waals surface area contributed by atoms with Gasteiger partial charge in [0.1, 0.15) is 41.4 Å². The molecule has 324 valence electrons. The molecule has 2 N–H and O–H groups in total. The van der Waals surface area contributed by atoms with E-state index < -0.39 is 11.9 Å². The van der Waals surface area contributed by atoms with Crippen molar-refractivity contribution in [1.29, 1.82) is 5.26 Å². The van der Waals surface area contributed by atoms with E-state index >= 15 is 0 Å². The Morgan fingerprint density at radius 1 is 0.935 bits per heavy atom. The lowest BCUT2D eigenvalue weighted by Gasteiger charge is -2.63. The van der Waals surface area contributed by atoms with Crippen LogP contribution in [-0.2, 0) is 16.1 Å². The second-order valence-corrected chi connectivity index (χ2v) is 19.3. The molecule has 3 saturated heterocycles. The molecule has 0 radical (unpaired) electrons. The molecule has 5 heterocycles. The van der Waals surface area contributed by atoms with Gasteiger partial charge in [-0.15, -0.1) is 0 Å². The molecule has 0 bridgehead atoms. The number of amides is 4. The van der Waals surface area contributed by atoms with Crippen LogP contribution in [0.4, 0.5) is 5.69 Å². The first-order chi connectivity index (χ1) is 29.7. The summed E-state index contributed by atoms with van der Waals surface area (Å²) in [6.07, 6.45) is 4.79. The van der Waals surface area contributed by atoms with Crippen molar-refractivity contribution in [2.45, 2.75) is 97.1 Å². The number of furan rings is 1. The summed E-state index contributed by atoms with van der Waals surface area (Å²) in [6.45, 7) is 13.5. The summed E-state index contributed by atoms with van der Waals surface area (Å²) in [5.41, 5.74) is 2.84. The number of nitriles is 1. The number of imide groups is 1. The molecule has 1 aliphatic carbocycles. The van der Waals surface area contributed by atoms with E-state index in [-0.39, 0.29) is 53.2 Å². The van der Waals surface area contributed by atoms with Gasteiger partial charge in [-0.1, -0.05) is 39.3 Å². The maximum atomic E-state index is 13.5. The lowest BCUT2D eigenvalue weighted by Crippen LogP contribution is -2.74. The number of fused-ring (bicyclic) bond motifs is 3. The van der Waals surface area contributed by atoms with Crippen molar-refractivity contribution in [3.8, 4) is 17.6 Å². The molecule has 14 heteroatoms. The van der Waals surface area contributed by atoms with E-state index in [0.717, 1.165) is 80.8 Å². The van der Waals surface area contributed by atoms with Gasteiger partial charge in [0.05, 0.1) is 17.1 Å². The minimum absolute atomic E-state index is 0.102. The molecule has 4 amide bonds. The number of hydrogen-bond donors (Lipinski definition) is 2. The summed E-state index contributed by atoms with van der Waals surface area (Å²) in [5, 5.41) is 16.1. The second-order valence-electron chi connectivity index (χ2n) is 18.9. The molecule has 4 aliphatic heterocycles. The van der Waals surface area contributed by atoms with Gasteiger partial charge in [-0.2, -0.15) is 5.26 Å². The quantitative estimate of drug-likeness (QED) is 0.149. The van der Waals surface area contributed by atoms with Crippen LogP contribution < -0.4 is 25.0 Å². The number of benzene rings is 3. The Labute approximate surface area is 366 Å². The average Bonchev–Trinajstić information content (AvgIpc) is 3.95. The summed E-state index contributed by atoms with van der Waals surface area (Å²) in [4.78, 5) is 57.2. The number of carbonyl (C=O) groups excluding carboxylic acids is 4. The van der Waals surface area contributed by atoms with Crippen LogP contribution in [0.3, 0.4) is 0 Å². The Balaban J connectivity index is 0.707. The summed E-state index contributed by atoms with van der Waals surface area (Å²) in [7, 11) is 0. The average molecular weight is 861 g/mol. The zero-order valence-corrected chi connectivity index (χ0v) is 36.4. The van der Waals surface area contributed by atoms with Crippen molar-refractivity contribution in [1.82, 2.24) is 20.4 Å². The molecule has 5 aliphatic rings. The lowest BCUT2D eigenvalue weighted by atomic mass is 9.49. The molecular weight excluding hydrogens is 808 g/mol. The minimum Gasteiger partial charge on any atom is -0.489 e. The third-order valence-corrected chi connectivity index (χ3v) is 14.4. The van der Waals surface area contributed by atoms with E-state index in [1.807, 2.05) is 36.4 Å². The van der Waals surface area contributed by atoms with E-state index in [1.54, 1.807) is 18.2 Å². The maximum absolute atomic E-state index is 13.5. The van der Waals surface area contributed by atoms with Crippen LogP contribution in [0.25, 0.3) is 11.0 Å². The molecule has 2 atom stereocenters. The maximum Gasteiger partial charge on any atom is 0.290 e. The van der Waals surface area contributed by atoms with Gasteiger partial charge in [0.2, 0.25) is 11.8 Å². The molecule has 9 rings (SSSR count). The van der Waals surface area contributed by atoms with Gasteiger partial charge in [-0.25, -0.2) is 0 Å². The summed E-state index contributed by atoms with van der Waals surface area (Å²) in [5.74, 6) is 1.14. The number of hydrogen-bond acceptors (Lipinski definition) is 10. The fourth-order valence-corrected chi connectivity index (χ4v) is 11.1. The highest BCUT2D eigenvalue weighted by molar-refractivity contribution is 6.31. The summed E-state index contributed by atoms with van der Waals surface area (Å²) < 4.78 is 18.9. The zero-order chi connectivity index (χ0) is 43.5. The van der Waals surface area contributed by atoms with Crippen LogP contribution in [-0.4, -0.2) is 90.4 Å². The first kappa shape index (κ1) is 41.8. The van der Waals surface area contributed by atoms with Crippen molar-refractivity contribution in [2.24, 2.45) is 16.7 Å². The van der Waals surface area contributed by atoms with Crippen molar-refractivity contribution >= 4 is 51.9 Å². The predicted octanol–water partition coefficient (Wildman–Crippen LogP) is 7.09. The highest BCUT2D eigenvalue weighted by Crippen LogP contribution is 2.55. The van der Waals surface area contributed by atoms with Gasteiger partial charge in [-0.05, 0) is 93.1 Å². The first-order valence-corrected chi connectivity index (χ1v) is 22.2. The van der Waals surface area contributed by atoms with Crippen LogP contribution in [0.5, 0.6) is 11.5 Å². The predicted molar refractivity (Wildman–Crippen MR) is 233 cm³/mol. The molecular formula is C48H53ClN6O7. The SMILES string of the molecule is CC1(C)C(NC(=O)c2ccc(O[C@@H]3CCN(CCC4CCN(c5ccc6c7c(oc6c5)C(=O)N(C5CCC(=O)NC5=O)C7)CC4)C3)cc2)C(C)(C)C1Oc1ccc(C#N)c(Cl)c1. The molecule has 13 nitrogen and oxygen atoms in total. The molecule has 4 fully saturated rings. The van der Waals surface area contributed by atoms with E-state index in [2.05, 4.69) is 60.3 Å². The van der Waals surface area contributed by atoms with Crippen molar-refractivity contribution < 1.29 is 33.1 Å². The van der Waals surface area contributed by atoms with Crippen LogP contribution in [0.2, 0.25) is 5.02 Å². The number of carbonyl (C=O) groups is 4. The summed E-state index contributed by atoms with van der Waals surface area (Å²) >= 11 is 6.25. The Kier molecular flexibility index (Phi) is 11.0. The number of ether oxygens (including phenoxy) is 2. The molecule has 1 saturated carbocycles. The highest BCUT2D eigenvalue weighted by atomic mass is 35.5. The fraction of sp³-hybridized carbons (Fsp3) is 0.479. The molecule has 62 heavy (non-hydrogen) atoms. The number of halogens is 1. The number of rotatable bonds is 11. The van der Waals surface area contributed by atoms with E-state index in [4.69, 9.17) is 25.5 Å². The van der Waals surface area contributed by atoms with Crippen LogP contribution >= 0.6 is 11.6 Å². The molecule has 1 unspecified atom stereocenters. The number of likely N-dealkylation sites (tertiary alicyclic amines) is 1. The normalized spacial score (nSPS) is 24.7. The monoisotopic (exact) mass is 860 g/mol. The largest absolute Gasteiger partial charge is 0.489 e. The third kappa shape index (κ3) is 7.77. The van der Waals surface area contributed by atoms with Gasteiger partial charge in [0.25, 0.3) is 11.8 Å². The Morgan fingerprint density at radius 2 is 1.68 bits per heavy atom. The van der Waals surface area contributed by atoms with Crippen LogP contribution in [0.1, 0.15) is 98.3 Å². The highest BCUT2D eigenvalue weighted by Gasteiger charge is 2.64. The fourth-order valence-electron chi connectivity index (χ4n) is 10.9. The van der Waals surface area contributed by atoms with Crippen LogP contribution in [0.15, 0.2) is 65.1 Å². The number of piperidine rings is 2. The smallest absolute Gasteiger partial charge is 0.290 e. The van der Waals surface area contributed by atoms with Gasteiger partial charge in [0.15, 0.2) is 5.76 Å². The first-order valence-electron chi connectivity index (χ1n) is 21.8. The topological polar surface area (TPSA) is 157 Å². The second kappa shape index (κ2) is 16.3.